The Kier molecular flexibility index (Phi) is 7.28. The number of esters is 1. The first-order valence-electron chi connectivity index (χ1n) is 9.32. The molecule has 0 aliphatic heterocycles. The zero-order valence-corrected chi connectivity index (χ0v) is 18.8. The van der Waals surface area contributed by atoms with Crippen LogP contribution in [-0.4, -0.2) is 22.1 Å². The van der Waals surface area contributed by atoms with E-state index in [1.165, 1.54) is 11.8 Å². The van der Waals surface area contributed by atoms with Crippen molar-refractivity contribution in [3.63, 3.8) is 0 Å². The highest BCUT2D eigenvalue weighted by Crippen LogP contribution is 2.39. The molecule has 0 saturated carbocycles. The average molecular weight is 449 g/mol. The molecule has 0 fully saturated rings. The van der Waals surface area contributed by atoms with Gasteiger partial charge in [-0.15, -0.1) is 0 Å². The molecule has 0 radical (unpaired) electrons. The lowest BCUT2D eigenvalue weighted by Crippen LogP contribution is -2.07. The summed E-state index contributed by atoms with van der Waals surface area (Å²) < 4.78 is 7.38. The third-order valence-electron chi connectivity index (χ3n) is 4.27. The summed E-state index contributed by atoms with van der Waals surface area (Å²) in [6, 6.07) is 9.35. The number of aromatic nitrogens is 2. The minimum absolute atomic E-state index is 0.127. The summed E-state index contributed by atoms with van der Waals surface area (Å²) in [5.41, 5.74) is 2.58. The quantitative estimate of drug-likeness (QED) is 0.377. The van der Waals surface area contributed by atoms with Crippen molar-refractivity contribution in [2.75, 3.05) is 6.61 Å². The molecule has 1 aromatic carbocycles. The SMILES string of the molecule is CCOC(=O)c1cn(Cc2cccnc2)c(Sc2cc(Cl)cc(Cl)c2)c1C(C)C. The molecule has 7 heteroatoms. The zero-order valence-electron chi connectivity index (χ0n) is 16.5. The van der Waals surface area contributed by atoms with Crippen LogP contribution in [-0.2, 0) is 11.3 Å². The summed E-state index contributed by atoms with van der Waals surface area (Å²) in [5, 5.41) is 2.11. The fourth-order valence-electron chi connectivity index (χ4n) is 3.10. The third-order valence-corrected chi connectivity index (χ3v) is 5.82. The van der Waals surface area contributed by atoms with Crippen molar-refractivity contribution < 1.29 is 9.53 Å². The Morgan fingerprint density at radius 1 is 1.24 bits per heavy atom. The van der Waals surface area contributed by atoms with Crippen molar-refractivity contribution in [3.8, 4) is 0 Å². The van der Waals surface area contributed by atoms with Gasteiger partial charge in [-0.3, -0.25) is 4.98 Å². The van der Waals surface area contributed by atoms with E-state index in [1.54, 1.807) is 12.3 Å². The van der Waals surface area contributed by atoms with E-state index in [4.69, 9.17) is 27.9 Å². The second-order valence-corrected chi connectivity index (χ2v) is 8.77. The summed E-state index contributed by atoms with van der Waals surface area (Å²) in [6.07, 6.45) is 5.44. The number of benzene rings is 1. The summed E-state index contributed by atoms with van der Waals surface area (Å²) in [4.78, 5) is 17.8. The molecule has 0 amide bonds. The normalized spacial score (nSPS) is 11.1. The molecular weight excluding hydrogens is 427 g/mol. The number of carbonyl (C=O) groups is 1. The Bertz CT molecular complexity index is 983. The highest BCUT2D eigenvalue weighted by atomic mass is 35.5. The van der Waals surface area contributed by atoms with Gasteiger partial charge in [-0.05, 0) is 42.7 Å². The van der Waals surface area contributed by atoms with Gasteiger partial charge in [0, 0.05) is 45.6 Å². The lowest BCUT2D eigenvalue weighted by atomic mass is 10.0. The van der Waals surface area contributed by atoms with E-state index in [2.05, 4.69) is 23.4 Å². The number of carbonyl (C=O) groups excluding carboxylic acids is 1. The molecule has 0 saturated heterocycles. The topological polar surface area (TPSA) is 44.1 Å². The molecule has 0 unspecified atom stereocenters. The number of ether oxygens (including phenoxy) is 1. The van der Waals surface area contributed by atoms with Gasteiger partial charge in [-0.2, -0.15) is 0 Å². The number of halogens is 2. The Balaban J connectivity index is 2.11. The maximum atomic E-state index is 12.6. The van der Waals surface area contributed by atoms with Gasteiger partial charge >= 0.3 is 5.97 Å². The largest absolute Gasteiger partial charge is 0.462 e. The number of nitrogens with zero attached hydrogens (tertiary/aromatic N) is 2. The number of rotatable bonds is 7. The van der Waals surface area contributed by atoms with E-state index >= 15 is 0 Å². The Morgan fingerprint density at radius 3 is 2.55 bits per heavy atom. The molecule has 0 N–H and O–H groups in total. The van der Waals surface area contributed by atoms with Crippen molar-refractivity contribution in [3.05, 3.63) is 75.7 Å². The van der Waals surface area contributed by atoms with Crippen LogP contribution in [0.3, 0.4) is 0 Å². The molecular formula is C22H22Cl2N2O2S. The van der Waals surface area contributed by atoms with Crippen molar-refractivity contribution in [2.24, 2.45) is 0 Å². The first kappa shape index (κ1) is 21.8. The second-order valence-electron chi connectivity index (χ2n) is 6.83. The van der Waals surface area contributed by atoms with E-state index in [-0.39, 0.29) is 11.9 Å². The molecule has 152 valence electrons. The van der Waals surface area contributed by atoms with Crippen molar-refractivity contribution in [1.29, 1.82) is 0 Å². The smallest absolute Gasteiger partial charge is 0.340 e. The highest BCUT2D eigenvalue weighted by Gasteiger charge is 2.25. The van der Waals surface area contributed by atoms with Gasteiger partial charge in [0.25, 0.3) is 0 Å². The molecule has 0 spiro atoms. The molecule has 4 nitrogen and oxygen atoms in total. The summed E-state index contributed by atoms with van der Waals surface area (Å²) in [5.74, 6) is -0.186. The van der Waals surface area contributed by atoms with Crippen LogP contribution in [0.4, 0.5) is 0 Å². The van der Waals surface area contributed by atoms with Crippen LogP contribution in [0.1, 0.15) is 48.2 Å². The Labute approximate surface area is 185 Å². The monoisotopic (exact) mass is 448 g/mol. The van der Waals surface area contributed by atoms with Crippen molar-refractivity contribution in [1.82, 2.24) is 9.55 Å². The summed E-state index contributed by atoms with van der Waals surface area (Å²) >= 11 is 13.9. The van der Waals surface area contributed by atoms with Crippen LogP contribution >= 0.6 is 35.0 Å². The number of hydrogen-bond donors (Lipinski definition) is 0. The van der Waals surface area contributed by atoms with Gasteiger partial charge in [0.15, 0.2) is 0 Å². The van der Waals surface area contributed by atoms with Crippen LogP contribution in [0.15, 0.2) is 58.8 Å². The predicted molar refractivity (Wildman–Crippen MR) is 118 cm³/mol. The van der Waals surface area contributed by atoms with E-state index in [0.717, 1.165) is 21.0 Å². The lowest BCUT2D eigenvalue weighted by Gasteiger charge is -2.14. The fourth-order valence-corrected chi connectivity index (χ4v) is 5.04. The second kappa shape index (κ2) is 9.70. The fraction of sp³-hybridized carbons (Fsp3) is 0.273. The minimum atomic E-state index is -0.313. The lowest BCUT2D eigenvalue weighted by molar-refractivity contribution is 0.0524. The Hall–Kier alpha value is -1.95. The maximum Gasteiger partial charge on any atom is 0.340 e. The minimum Gasteiger partial charge on any atom is -0.462 e. The molecule has 2 heterocycles. The van der Waals surface area contributed by atoms with Crippen LogP contribution in [0.25, 0.3) is 0 Å². The van der Waals surface area contributed by atoms with Crippen LogP contribution < -0.4 is 0 Å². The third kappa shape index (κ3) is 5.35. The van der Waals surface area contributed by atoms with Crippen LogP contribution in [0, 0.1) is 0 Å². The predicted octanol–water partition coefficient (Wildman–Crippen LogP) is 6.69. The summed E-state index contributed by atoms with van der Waals surface area (Å²) in [6.45, 7) is 6.87. The van der Waals surface area contributed by atoms with Gasteiger partial charge in [0.2, 0.25) is 0 Å². The molecule has 29 heavy (non-hydrogen) atoms. The molecule has 0 atom stereocenters. The van der Waals surface area contributed by atoms with E-state index in [0.29, 0.717) is 28.8 Å². The highest BCUT2D eigenvalue weighted by molar-refractivity contribution is 7.99. The number of hydrogen-bond acceptors (Lipinski definition) is 4. The van der Waals surface area contributed by atoms with Gasteiger partial charge in [0.05, 0.1) is 17.2 Å². The van der Waals surface area contributed by atoms with Gasteiger partial charge < -0.3 is 9.30 Å². The Morgan fingerprint density at radius 2 is 1.97 bits per heavy atom. The molecule has 0 aliphatic carbocycles. The van der Waals surface area contributed by atoms with Gasteiger partial charge in [-0.25, -0.2) is 4.79 Å². The van der Waals surface area contributed by atoms with Crippen molar-refractivity contribution >= 4 is 40.9 Å². The van der Waals surface area contributed by atoms with Crippen LogP contribution in [0.5, 0.6) is 0 Å². The standard InChI is InChI=1S/C22H22Cl2N2O2S/c1-4-28-22(27)19-13-26(12-15-6-5-7-25-11-15)21(20(19)14(2)3)29-18-9-16(23)8-17(24)10-18/h5-11,13-14H,4,12H2,1-3H3. The first-order valence-corrected chi connectivity index (χ1v) is 10.9. The number of pyridine rings is 1. The summed E-state index contributed by atoms with van der Waals surface area (Å²) in [7, 11) is 0. The van der Waals surface area contributed by atoms with Crippen LogP contribution in [0.2, 0.25) is 10.0 Å². The van der Waals surface area contributed by atoms with E-state index in [1.807, 2.05) is 43.6 Å². The van der Waals surface area contributed by atoms with Gasteiger partial charge in [0.1, 0.15) is 0 Å². The molecule has 3 rings (SSSR count). The van der Waals surface area contributed by atoms with E-state index < -0.39 is 0 Å². The average Bonchev–Trinajstić information content (AvgIpc) is 3.00. The van der Waals surface area contributed by atoms with Gasteiger partial charge in [-0.1, -0.05) is 54.9 Å². The zero-order chi connectivity index (χ0) is 21.0. The first-order chi connectivity index (χ1) is 13.9. The molecule has 0 bridgehead atoms. The molecule has 0 aliphatic rings. The maximum absolute atomic E-state index is 12.6. The van der Waals surface area contributed by atoms with E-state index in [9.17, 15) is 4.79 Å². The molecule has 3 aromatic rings. The van der Waals surface area contributed by atoms with Crippen molar-refractivity contribution in [2.45, 2.75) is 43.2 Å². The molecule has 2 aromatic heterocycles.